The second kappa shape index (κ2) is 8.71. The zero-order chi connectivity index (χ0) is 21.3. The van der Waals surface area contributed by atoms with Crippen molar-refractivity contribution in [3.8, 4) is 11.3 Å². The van der Waals surface area contributed by atoms with Gasteiger partial charge in [-0.2, -0.15) is 5.10 Å². The Balaban J connectivity index is 1.39. The molecule has 1 N–H and O–H groups in total. The molecule has 0 aliphatic carbocycles. The number of amides is 1. The number of nitrogens with one attached hydrogen (secondary N) is 1. The molecule has 1 aromatic heterocycles. The first-order valence-corrected chi connectivity index (χ1v) is 10.1. The van der Waals surface area contributed by atoms with Crippen LogP contribution >= 0.6 is 23.2 Å². The Morgan fingerprint density at radius 3 is 2.57 bits per heavy atom. The predicted octanol–water partition coefficient (Wildman–Crippen LogP) is 4.62. The molecule has 4 rings (SSSR count). The maximum Gasteiger partial charge on any atom is 0.271 e. The first kappa shape index (κ1) is 20.8. The van der Waals surface area contributed by atoms with Gasteiger partial charge in [-0.25, -0.2) is 8.78 Å². The molecule has 2 aromatic carbocycles. The highest BCUT2D eigenvalue weighted by molar-refractivity contribution is 6.36. The minimum Gasteiger partial charge on any atom is -0.335 e. The monoisotopic (exact) mass is 450 g/mol. The molecule has 5 nitrogen and oxygen atoms in total. The van der Waals surface area contributed by atoms with Crippen LogP contribution in [0.3, 0.4) is 0 Å². The number of hydrogen-bond donors (Lipinski definition) is 1. The highest BCUT2D eigenvalue weighted by atomic mass is 35.5. The maximum absolute atomic E-state index is 13.9. The average Bonchev–Trinajstić information content (AvgIpc) is 3.21. The molecule has 156 valence electrons. The molecule has 30 heavy (non-hydrogen) atoms. The number of hydrogen-bond acceptors (Lipinski definition) is 3. The molecule has 1 aliphatic heterocycles. The zero-order valence-electron chi connectivity index (χ0n) is 15.8. The molecule has 0 radical (unpaired) electrons. The van der Waals surface area contributed by atoms with Crippen molar-refractivity contribution in [3.63, 3.8) is 0 Å². The first-order valence-electron chi connectivity index (χ1n) is 9.37. The standard InChI is InChI=1S/C21H18Cl2F2N4O/c22-14-4-5-15(16(23)10-14)18-11-19(27-26-18)21(30)29-8-6-28(7-9-29)12-13-2-1-3-17(24)20(13)25/h1-5,10-11H,6-9,12H2,(H,26,27). The van der Waals surface area contributed by atoms with Crippen LogP contribution in [0.4, 0.5) is 8.78 Å². The lowest BCUT2D eigenvalue weighted by atomic mass is 10.1. The van der Waals surface area contributed by atoms with Gasteiger partial charge >= 0.3 is 0 Å². The highest BCUT2D eigenvalue weighted by Crippen LogP contribution is 2.29. The van der Waals surface area contributed by atoms with Crippen LogP contribution in [0.5, 0.6) is 0 Å². The van der Waals surface area contributed by atoms with Gasteiger partial charge in [0, 0.05) is 48.9 Å². The Kier molecular flexibility index (Phi) is 6.04. The van der Waals surface area contributed by atoms with Crippen LogP contribution in [-0.2, 0) is 6.54 Å². The molecule has 1 amide bonds. The summed E-state index contributed by atoms with van der Waals surface area (Å²) in [5.41, 5.74) is 1.91. The third-order valence-corrected chi connectivity index (χ3v) is 5.65. The molecule has 2 heterocycles. The fraction of sp³-hybridized carbons (Fsp3) is 0.238. The molecule has 1 saturated heterocycles. The number of carbonyl (C=O) groups is 1. The second-order valence-corrected chi connectivity index (χ2v) is 7.92. The van der Waals surface area contributed by atoms with Crippen LogP contribution in [0.15, 0.2) is 42.5 Å². The number of halogens is 4. The number of nitrogens with zero attached hydrogens (tertiary/aromatic N) is 3. The van der Waals surface area contributed by atoms with Gasteiger partial charge in [0.05, 0.1) is 10.7 Å². The Hall–Kier alpha value is -2.48. The van der Waals surface area contributed by atoms with Gasteiger partial charge in [-0.3, -0.25) is 14.8 Å². The fourth-order valence-electron chi connectivity index (χ4n) is 3.46. The van der Waals surface area contributed by atoms with E-state index in [1.54, 1.807) is 35.2 Å². The van der Waals surface area contributed by atoms with E-state index in [0.717, 1.165) is 6.07 Å². The summed E-state index contributed by atoms with van der Waals surface area (Å²) in [5.74, 6) is -1.84. The Bertz CT molecular complexity index is 1080. The smallest absolute Gasteiger partial charge is 0.271 e. The summed E-state index contributed by atoms with van der Waals surface area (Å²) in [6.07, 6.45) is 0. The van der Waals surface area contributed by atoms with Gasteiger partial charge in [0.1, 0.15) is 5.69 Å². The lowest BCUT2D eigenvalue weighted by Gasteiger charge is -2.34. The van der Waals surface area contributed by atoms with E-state index in [9.17, 15) is 13.6 Å². The Morgan fingerprint density at radius 2 is 1.83 bits per heavy atom. The summed E-state index contributed by atoms with van der Waals surface area (Å²) in [4.78, 5) is 16.5. The lowest BCUT2D eigenvalue weighted by molar-refractivity contribution is 0.0621. The predicted molar refractivity (Wildman–Crippen MR) is 112 cm³/mol. The van der Waals surface area contributed by atoms with Crippen LogP contribution < -0.4 is 0 Å². The largest absolute Gasteiger partial charge is 0.335 e. The molecule has 3 aromatic rings. The second-order valence-electron chi connectivity index (χ2n) is 7.07. The van der Waals surface area contributed by atoms with E-state index in [1.165, 1.54) is 6.07 Å². The van der Waals surface area contributed by atoms with Crippen LogP contribution in [-0.4, -0.2) is 52.1 Å². The summed E-state index contributed by atoms with van der Waals surface area (Å²) in [6, 6.07) is 10.9. The van der Waals surface area contributed by atoms with E-state index >= 15 is 0 Å². The number of rotatable bonds is 4. The van der Waals surface area contributed by atoms with Crippen molar-refractivity contribution >= 4 is 29.1 Å². The molecule has 9 heteroatoms. The van der Waals surface area contributed by atoms with Crippen LogP contribution in [0.2, 0.25) is 10.0 Å². The molecule has 0 atom stereocenters. The molecule has 0 spiro atoms. The number of H-pyrrole nitrogens is 1. The third-order valence-electron chi connectivity index (χ3n) is 5.10. The van der Waals surface area contributed by atoms with Gasteiger partial charge in [0.25, 0.3) is 5.91 Å². The first-order chi connectivity index (χ1) is 14.4. The normalized spacial score (nSPS) is 14.9. The van der Waals surface area contributed by atoms with Gasteiger partial charge in [-0.05, 0) is 30.3 Å². The average molecular weight is 451 g/mol. The van der Waals surface area contributed by atoms with E-state index in [4.69, 9.17) is 23.2 Å². The van der Waals surface area contributed by atoms with Gasteiger partial charge in [0.15, 0.2) is 11.6 Å². The number of aromatic amines is 1. The zero-order valence-corrected chi connectivity index (χ0v) is 17.4. The molecule has 1 aliphatic rings. The highest BCUT2D eigenvalue weighted by Gasteiger charge is 2.24. The van der Waals surface area contributed by atoms with Crippen molar-refractivity contribution < 1.29 is 13.6 Å². The summed E-state index contributed by atoms with van der Waals surface area (Å²) in [7, 11) is 0. The van der Waals surface area contributed by atoms with Crippen LogP contribution in [0.25, 0.3) is 11.3 Å². The maximum atomic E-state index is 13.9. The van der Waals surface area contributed by atoms with Crippen molar-refractivity contribution in [2.75, 3.05) is 26.2 Å². The van der Waals surface area contributed by atoms with Gasteiger partial charge in [-0.15, -0.1) is 0 Å². The number of carbonyl (C=O) groups excluding carboxylic acids is 1. The van der Waals surface area contributed by atoms with Crippen LogP contribution in [0, 0.1) is 11.6 Å². The molecule has 0 saturated carbocycles. The Labute approximate surface area is 182 Å². The number of piperazine rings is 1. The van der Waals surface area contributed by atoms with Gasteiger partial charge in [-0.1, -0.05) is 35.3 Å². The van der Waals surface area contributed by atoms with Crippen LogP contribution in [0.1, 0.15) is 16.1 Å². The third kappa shape index (κ3) is 4.33. The minimum atomic E-state index is -0.850. The van der Waals surface area contributed by atoms with E-state index in [2.05, 4.69) is 10.2 Å². The van der Waals surface area contributed by atoms with Crippen molar-refractivity contribution in [1.29, 1.82) is 0 Å². The summed E-state index contributed by atoms with van der Waals surface area (Å²) in [6.45, 7) is 2.38. The van der Waals surface area contributed by atoms with Crippen molar-refractivity contribution in [1.82, 2.24) is 20.0 Å². The quantitative estimate of drug-likeness (QED) is 0.630. The molecule has 1 fully saturated rings. The van der Waals surface area contributed by atoms with Crippen molar-refractivity contribution in [3.05, 3.63) is 75.4 Å². The van der Waals surface area contributed by atoms with Crippen molar-refractivity contribution in [2.45, 2.75) is 6.54 Å². The number of aromatic nitrogens is 2. The van der Waals surface area contributed by atoms with Gasteiger partial charge in [0.2, 0.25) is 0 Å². The SMILES string of the molecule is O=C(c1cc(-c2ccc(Cl)cc2Cl)n[nH]1)N1CCN(Cc2cccc(F)c2F)CC1. The summed E-state index contributed by atoms with van der Waals surface area (Å²) in [5, 5.41) is 7.93. The van der Waals surface area contributed by atoms with E-state index in [1.807, 2.05) is 4.90 Å². The lowest BCUT2D eigenvalue weighted by Crippen LogP contribution is -2.48. The van der Waals surface area contributed by atoms with E-state index in [0.29, 0.717) is 65.3 Å². The molecular formula is C21H18Cl2F2N4O. The molecule has 0 unspecified atom stereocenters. The fourth-order valence-corrected chi connectivity index (χ4v) is 3.96. The van der Waals surface area contributed by atoms with E-state index in [-0.39, 0.29) is 5.91 Å². The minimum absolute atomic E-state index is 0.171. The van der Waals surface area contributed by atoms with Crippen molar-refractivity contribution in [2.24, 2.45) is 0 Å². The molecule has 0 bridgehead atoms. The summed E-state index contributed by atoms with van der Waals surface area (Å²) >= 11 is 12.1. The molecular weight excluding hydrogens is 433 g/mol. The number of benzene rings is 2. The Morgan fingerprint density at radius 1 is 1.07 bits per heavy atom. The topological polar surface area (TPSA) is 52.2 Å². The summed E-state index contributed by atoms with van der Waals surface area (Å²) < 4.78 is 27.3. The van der Waals surface area contributed by atoms with E-state index < -0.39 is 11.6 Å². The van der Waals surface area contributed by atoms with Gasteiger partial charge < -0.3 is 4.90 Å².